The second kappa shape index (κ2) is 6.36. The van der Waals surface area contributed by atoms with E-state index in [0.717, 1.165) is 5.56 Å². The van der Waals surface area contributed by atoms with E-state index in [1.807, 2.05) is 6.07 Å². The lowest BCUT2D eigenvalue weighted by Crippen LogP contribution is -2.22. The van der Waals surface area contributed by atoms with Crippen LogP contribution in [0.1, 0.15) is 11.1 Å². The average molecular weight is 305 g/mol. The van der Waals surface area contributed by atoms with Crippen molar-refractivity contribution in [2.24, 2.45) is 5.73 Å². The van der Waals surface area contributed by atoms with Gasteiger partial charge in [-0.1, -0.05) is 18.3 Å². The first kappa shape index (κ1) is 15.0. The van der Waals surface area contributed by atoms with E-state index in [9.17, 15) is 4.79 Å². The van der Waals surface area contributed by atoms with Gasteiger partial charge in [0.2, 0.25) is 5.88 Å². The van der Waals surface area contributed by atoms with Crippen LogP contribution in [0.15, 0.2) is 35.1 Å². The molecule has 0 fully saturated rings. The largest absolute Gasteiger partial charge is 0.496 e. The second-order valence-corrected chi connectivity index (χ2v) is 4.71. The van der Waals surface area contributed by atoms with E-state index >= 15 is 0 Å². The summed E-state index contributed by atoms with van der Waals surface area (Å²) in [4.78, 5) is 12.1. The van der Waals surface area contributed by atoms with Crippen LogP contribution >= 0.6 is 12.2 Å². The molecule has 6 nitrogen and oxygen atoms in total. The summed E-state index contributed by atoms with van der Waals surface area (Å²) in [6.45, 7) is 0.296. The van der Waals surface area contributed by atoms with Crippen molar-refractivity contribution in [2.75, 3.05) is 14.2 Å². The molecular formula is C14H15N3O3S. The number of thiocarbonyl (C=S) groups is 1. The van der Waals surface area contributed by atoms with Crippen molar-refractivity contribution in [3.05, 3.63) is 51.8 Å². The molecule has 0 saturated heterocycles. The summed E-state index contributed by atoms with van der Waals surface area (Å²) in [6, 6.07) is 8.30. The highest BCUT2D eigenvalue weighted by Gasteiger charge is 2.08. The first-order valence-corrected chi connectivity index (χ1v) is 6.55. The normalized spacial score (nSPS) is 10.2. The maximum atomic E-state index is 11.8. The number of rotatable bonds is 5. The molecule has 2 aromatic rings. The summed E-state index contributed by atoms with van der Waals surface area (Å²) in [5.41, 5.74) is 6.90. The fraction of sp³-hybridized carbons (Fsp3) is 0.214. The molecule has 0 unspecified atom stereocenters. The minimum absolute atomic E-state index is 0.215. The molecule has 0 saturated carbocycles. The van der Waals surface area contributed by atoms with Gasteiger partial charge < -0.3 is 15.2 Å². The number of nitrogens with zero attached hydrogens (tertiary/aromatic N) is 2. The van der Waals surface area contributed by atoms with E-state index < -0.39 is 0 Å². The number of nitrogens with two attached hydrogens (primary N) is 1. The molecule has 0 spiro atoms. The molecular weight excluding hydrogens is 290 g/mol. The van der Waals surface area contributed by atoms with Crippen molar-refractivity contribution in [3.8, 4) is 11.6 Å². The Bertz CT molecular complexity index is 728. The molecule has 0 bridgehead atoms. The summed E-state index contributed by atoms with van der Waals surface area (Å²) < 4.78 is 11.6. The van der Waals surface area contributed by atoms with E-state index in [2.05, 4.69) is 5.10 Å². The molecule has 0 radical (unpaired) electrons. The Balaban J connectivity index is 2.36. The van der Waals surface area contributed by atoms with Crippen LogP contribution in [0.25, 0.3) is 0 Å². The van der Waals surface area contributed by atoms with Crippen LogP contribution in [0.2, 0.25) is 0 Å². The molecule has 2 rings (SSSR count). The molecule has 7 heteroatoms. The van der Waals surface area contributed by atoms with Crippen LogP contribution in [0, 0.1) is 0 Å². The van der Waals surface area contributed by atoms with Crippen molar-refractivity contribution >= 4 is 17.2 Å². The summed E-state index contributed by atoms with van der Waals surface area (Å²) in [7, 11) is 3.04. The first-order valence-electron chi connectivity index (χ1n) is 6.14. The van der Waals surface area contributed by atoms with Gasteiger partial charge in [-0.05, 0) is 17.7 Å². The Morgan fingerprint density at radius 3 is 2.67 bits per heavy atom. The number of ether oxygens (including phenoxy) is 2. The minimum atomic E-state index is -0.215. The van der Waals surface area contributed by atoms with Gasteiger partial charge in [-0.2, -0.15) is 0 Å². The Morgan fingerprint density at radius 2 is 2.05 bits per heavy atom. The zero-order valence-corrected chi connectivity index (χ0v) is 12.5. The zero-order chi connectivity index (χ0) is 15.4. The fourth-order valence-electron chi connectivity index (χ4n) is 1.86. The third kappa shape index (κ3) is 3.38. The van der Waals surface area contributed by atoms with Gasteiger partial charge in [-0.3, -0.25) is 4.79 Å². The van der Waals surface area contributed by atoms with Crippen molar-refractivity contribution in [3.63, 3.8) is 0 Å². The van der Waals surface area contributed by atoms with E-state index in [-0.39, 0.29) is 10.5 Å². The molecule has 0 aliphatic rings. The van der Waals surface area contributed by atoms with Gasteiger partial charge in [0.1, 0.15) is 10.7 Å². The van der Waals surface area contributed by atoms with Crippen LogP contribution in [0.5, 0.6) is 11.6 Å². The van der Waals surface area contributed by atoms with Gasteiger partial charge in [-0.15, -0.1) is 5.10 Å². The number of hydrogen-bond acceptors (Lipinski definition) is 5. The molecule has 1 heterocycles. The van der Waals surface area contributed by atoms with E-state index in [0.29, 0.717) is 23.7 Å². The molecule has 1 aromatic carbocycles. The van der Waals surface area contributed by atoms with Crippen molar-refractivity contribution in [2.45, 2.75) is 6.54 Å². The smallest absolute Gasteiger partial charge is 0.267 e. The standard InChI is InChI=1S/C14H15N3O3S/c1-19-11-7-9(3-4-10(11)14(15)21)8-17-13(18)6-5-12(16-17)20-2/h3-7H,8H2,1-2H3,(H2,15,21). The van der Waals surface area contributed by atoms with Crippen LogP contribution in [-0.4, -0.2) is 29.0 Å². The number of hydrogen-bond donors (Lipinski definition) is 1. The third-order valence-electron chi connectivity index (χ3n) is 2.92. The maximum Gasteiger partial charge on any atom is 0.267 e. The molecule has 0 aliphatic heterocycles. The Kier molecular flexibility index (Phi) is 4.54. The maximum absolute atomic E-state index is 11.8. The van der Waals surface area contributed by atoms with Gasteiger partial charge >= 0.3 is 0 Å². The monoisotopic (exact) mass is 305 g/mol. The van der Waals surface area contributed by atoms with Gasteiger partial charge in [-0.25, -0.2) is 4.68 Å². The Morgan fingerprint density at radius 1 is 1.29 bits per heavy atom. The number of methoxy groups -OCH3 is 2. The van der Waals surface area contributed by atoms with Crippen LogP contribution in [0.4, 0.5) is 0 Å². The SMILES string of the molecule is COc1ccc(=O)n(Cc2ccc(C(N)=S)c(OC)c2)n1. The van der Waals surface area contributed by atoms with E-state index in [4.69, 9.17) is 27.4 Å². The Labute approximate surface area is 127 Å². The fourth-order valence-corrected chi connectivity index (χ4v) is 2.03. The highest BCUT2D eigenvalue weighted by atomic mass is 32.1. The second-order valence-electron chi connectivity index (χ2n) is 4.27. The van der Waals surface area contributed by atoms with Gasteiger partial charge in [0.15, 0.2) is 0 Å². The summed E-state index contributed by atoms with van der Waals surface area (Å²) in [5.74, 6) is 0.942. The van der Waals surface area contributed by atoms with Gasteiger partial charge in [0.25, 0.3) is 5.56 Å². The highest BCUT2D eigenvalue weighted by Crippen LogP contribution is 2.20. The van der Waals surface area contributed by atoms with E-state index in [1.165, 1.54) is 31.0 Å². The summed E-state index contributed by atoms with van der Waals surface area (Å²) >= 11 is 4.96. The van der Waals surface area contributed by atoms with Crippen molar-refractivity contribution in [1.29, 1.82) is 0 Å². The molecule has 0 atom stereocenters. The van der Waals surface area contributed by atoms with Crippen molar-refractivity contribution in [1.82, 2.24) is 9.78 Å². The lowest BCUT2D eigenvalue weighted by Gasteiger charge is -2.10. The first-order chi connectivity index (χ1) is 10.0. The lowest BCUT2D eigenvalue weighted by atomic mass is 10.1. The molecule has 1 aromatic heterocycles. The minimum Gasteiger partial charge on any atom is -0.496 e. The third-order valence-corrected chi connectivity index (χ3v) is 3.13. The summed E-state index contributed by atoms with van der Waals surface area (Å²) in [5, 5.41) is 4.09. The van der Waals surface area contributed by atoms with Crippen LogP contribution in [-0.2, 0) is 6.54 Å². The molecule has 0 aliphatic carbocycles. The Hall–Kier alpha value is -2.41. The quantitative estimate of drug-likeness (QED) is 0.828. The number of aromatic nitrogens is 2. The van der Waals surface area contributed by atoms with E-state index in [1.54, 1.807) is 12.1 Å². The van der Waals surface area contributed by atoms with Gasteiger partial charge in [0.05, 0.1) is 26.3 Å². The van der Waals surface area contributed by atoms with Gasteiger partial charge in [0, 0.05) is 12.1 Å². The molecule has 0 amide bonds. The lowest BCUT2D eigenvalue weighted by molar-refractivity contribution is 0.378. The van der Waals surface area contributed by atoms with Crippen LogP contribution in [0.3, 0.4) is 0 Å². The highest BCUT2D eigenvalue weighted by molar-refractivity contribution is 7.80. The molecule has 21 heavy (non-hydrogen) atoms. The van der Waals surface area contributed by atoms with Crippen molar-refractivity contribution < 1.29 is 9.47 Å². The molecule has 2 N–H and O–H groups in total. The number of benzene rings is 1. The average Bonchev–Trinajstić information content (AvgIpc) is 2.49. The topological polar surface area (TPSA) is 79.4 Å². The molecule has 110 valence electrons. The summed E-state index contributed by atoms with van der Waals surface area (Å²) in [6.07, 6.45) is 0. The predicted molar refractivity (Wildman–Crippen MR) is 83.0 cm³/mol. The zero-order valence-electron chi connectivity index (χ0n) is 11.7. The predicted octanol–water partition coefficient (Wildman–Crippen LogP) is 0.943. The van der Waals surface area contributed by atoms with Crippen LogP contribution < -0.4 is 20.8 Å².